The number of hydrogen-bond donors (Lipinski definition) is 1. The van der Waals surface area contributed by atoms with Gasteiger partial charge >= 0.3 is 6.09 Å². The van der Waals surface area contributed by atoms with Crippen molar-refractivity contribution in [3.63, 3.8) is 0 Å². The summed E-state index contributed by atoms with van der Waals surface area (Å²) >= 11 is 0. The number of Topliss-reactive ketones (excluding diaryl/α,β-unsaturated/α-hetero) is 1. The topological polar surface area (TPSA) is 88.1 Å². The standard InChI is InChI=1S/C33H35N3O4/c1-22-12-11-19-28-29(25-15-7-4-8-16-25)34-31(35-33(39)40-21-24-13-5-3-6-14-24)32(38)36(30(22)28)20-26-17-9-10-18-27(26)23(2)37/h3,5-6,9-14,17-19,25,31H,4,7-8,15-16,20-21H2,1-2H3,(H,35,39). The lowest BCUT2D eigenvalue weighted by molar-refractivity contribution is -0.120. The minimum Gasteiger partial charge on any atom is -0.445 e. The maximum Gasteiger partial charge on any atom is 0.409 e. The second-order valence-corrected chi connectivity index (χ2v) is 10.6. The zero-order valence-corrected chi connectivity index (χ0v) is 23.1. The van der Waals surface area contributed by atoms with Crippen LogP contribution in [0, 0.1) is 12.8 Å². The lowest BCUT2D eigenvalue weighted by atomic mass is 9.82. The molecule has 7 nitrogen and oxygen atoms in total. The Morgan fingerprint density at radius 2 is 1.68 bits per heavy atom. The van der Waals surface area contributed by atoms with Crippen LogP contribution in [0.1, 0.15) is 71.6 Å². The van der Waals surface area contributed by atoms with Gasteiger partial charge in [-0.15, -0.1) is 0 Å². The van der Waals surface area contributed by atoms with E-state index < -0.39 is 12.3 Å². The van der Waals surface area contributed by atoms with E-state index in [1.807, 2.05) is 73.7 Å². The summed E-state index contributed by atoms with van der Waals surface area (Å²) in [6.07, 6.45) is 3.50. The van der Waals surface area contributed by atoms with Crippen LogP contribution in [-0.2, 0) is 22.7 Å². The predicted octanol–water partition coefficient (Wildman–Crippen LogP) is 6.37. The highest BCUT2D eigenvalue weighted by Gasteiger charge is 2.36. The highest BCUT2D eigenvalue weighted by molar-refractivity contribution is 6.14. The van der Waals surface area contributed by atoms with Crippen LogP contribution in [0.3, 0.4) is 0 Å². The first-order valence-electron chi connectivity index (χ1n) is 14.0. The molecule has 3 aromatic carbocycles. The zero-order chi connectivity index (χ0) is 28.1. The number of aliphatic imine (C=N–C) groups is 1. The van der Waals surface area contributed by atoms with E-state index >= 15 is 0 Å². The molecule has 1 atom stereocenters. The first kappa shape index (κ1) is 27.3. The molecule has 1 N–H and O–H groups in total. The van der Waals surface area contributed by atoms with E-state index in [1.165, 1.54) is 13.3 Å². The zero-order valence-electron chi connectivity index (χ0n) is 23.1. The van der Waals surface area contributed by atoms with Gasteiger partial charge in [0.2, 0.25) is 6.17 Å². The summed E-state index contributed by atoms with van der Waals surface area (Å²) in [6, 6.07) is 22.7. The molecule has 5 rings (SSSR count). The number of hydrogen-bond acceptors (Lipinski definition) is 5. The number of ketones is 1. The van der Waals surface area contributed by atoms with Crippen LogP contribution in [0.15, 0.2) is 77.8 Å². The molecule has 2 aliphatic rings. The number of alkyl carbamates (subject to hydrolysis) is 1. The van der Waals surface area contributed by atoms with Crippen LogP contribution >= 0.6 is 0 Å². The van der Waals surface area contributed by atoms with Gasteiger partial charge in [-0.2, -0.15) is 0 Å². The summed E-state index contributed by atoms with van der Waals surface area (Å²) in [5.41, 5.74) is 5.62. The highest BCUT2D eigenvalue weighted by atomic mass is 16.5. The lowest BCUT2D eigenvalue weighted by Crippen LogP contribution is -2.47. The molecular weight excluding hydrogens is 502 g/mol. The molecular formula is C33H35N3O4. The van der Waals surface area contributed by atoms with Crippen LogP contribution < -0.4 is 10.2 Å². The molecule has 3 aromatic rings. The monoisotopic (exact) mass is 537 g/mol. The van der Waals surface area contributed by atoms with Crippen molar-refractivity contribution in [3.05, 3.63) is 101 Å². The Kier molecular flexibility index (Phi) is 8.39. The van der Waals surface area contributed by atoms with E-state index in [1.54, 1.807) is 11.0 Å². The minimum atomic E-state index is -1.16. The number of amides is 2. The SMILES string of the molecule is CC(=O)c1ccccc1CN1C(=O)C(NC(=O)OCc2ccccc2)N=C(C2CCCCC2)c2cccc(C)c21. The van der Waals surface area contributed by atoms with Crippen molar-refractivity contribution in [1.82, 2.24) is 5.32 Å². The van der Waals surface area contributed by atoms with Gasteiger partial charge < -0.3 is 9.64 Å². The largest absolute Gasteiger partial charge is 0.445 e. The molecule has 206 valence electrons. The number of carbonyl (C=O) groups excluding carboxylic acids is 3. The van der Waals surface area contributed by atoms with Gasteiger partial charge in [-0.1, -0.05) is 92.1 Å². The molecule has 0 radical (unpaired) electrons. The summed E-state index contributed by atoms with van der Waals surface area (Å²) in [5, 5.41) is 2.75. The smallest absolute Gasteiger partial charge is 0.409 e. The van der Waals surface area contributed by atoms with E-state index in [0.29, 0.717) is 5.56 Å². The normalized spacial score (nSPS) is 17.4. The predicted molar refractivity (Wildman–Crippen MR) is 155 cm³/mol. The van der Waals surface area contributed by atoms with Crippen LogP contribution in [0.25, 0.3) is 0 Å². The summed E-state index contributed by atoms with van der Waals surface area (Å²) < 4.78 is 5.47. The number of ether oxygens (including phenoxy) is 1. The van der Waals surface area contributed by atoms with Gasteiger partial charge in [0.15, 0.2) is 5.78 Å². The number of nitrogens with zero attached hydrogens (tertiary/aromatic N) is 2. The molecule has 1 unspecified atom stereocenters. The number of anilines is 1. The molecule has 0 aromatic heterocycles. The van der Waals surface area contributed by atoms with Gasteiger partial charge in [0.1, 0.15) is 6.61 Å². The number of fused-ring (bicyclic) bond motifs is 1. The first-order chi connectivity index (χ1) is 19.4. The van der Waals surface area contributed by atoms with Gasteiger partial charge in [-0.3, -0.25) is 19.9 Å². The highest BCUT2D eigenvalue weighted by Crippen LogP contribution is 2.36. The Morgan fingerprint density at radius 3 is 2.42 bits per heavy atom. The van der Waals surface area contributed by atoms with E-state index in [0.717, 1.165) is 59.3 Å². The molecule has 0 bridgehead atoms. The Hall–Kier alpha value is -4.26. The van der Waals surface area contributed by atoms with E-state index in [2.05, 4.69) is 5.32 Å². The third kappa shape index (κ3) is 5.98. The Bertz CT molecular complexity index is 1430. The molecule has 0 saturated heterocycles. The Morgan fingerprint density at radius 1 is 0.950 bits per heavy atom. The number of benzodiazepines with no additional fused rings is 1. The third-order valence-electron chi connectivity index (χ3n) is 7.74. The molecule has 1 saturated carbocycles. The fourth-order valence-electron chi connectivity index (χ4n) is 5.75. The van der Waals surface area contributed by atoms with Crippen LogP contribution in [-0.4, -0.2) is 29.7 Å². The summed E-state index contributed by atoms with van der Waals surface area (Å²) in [5.74, 6) is -0.242. The van der Waals surface area contributed by atoms with Crippen LogP contribution in [0.2, 0.25) is 0 Å². The summed E-state index contributed by atoms with van der Waals surface area (Å²) in [4.78, 5) is 46.3. The van der Waals surface area contributed by atoms with E-state index in [-0.39, 0.29) is 30.8 Å². The molecule has 40 heavy (non-hydrogen) atoms. The summed E-state index contributed by atoms with van der Waals surface area (Å²) in [6.45, 7) is 3.77. The van der Waals surface area contributed by atoms with Crippen molar-refractivity contribution in [2.24, 2.45) is 10.9 Å². The number of rotatable bonds is 7. The Balaban J connectivity index is 1.53. The molecule has 2 amide bonds. The number of benzene rings is 3. The van der Waals surface area contributed by atoms with Crippen LogP contribution in [0.4, 0.5) is 10.5 Å². The molecule has 7 heteroatoms. The first-order valence-corrected chi connectivity index (χ1v) is 14.0. The van der Waals surface area contributed by atoms with Crippen molar-refractivity contribution < 1.29 is 19.1 Å². The molecule has 1 aliphatic carbocycles. The van der Waals surface area contributed by atoms with Gasteiger partial charge in [-0.25, -0.2) is 4.79 Å². The maximum atomic E-state index is 14.2. The quantitative estimate of drug-likeness (QED) is 0.355. The molecule has 0 spiro atoms. The van der Waals surface area contributed by atoms with Crippen molar-refractivity contribution in [3.8, 4) is 0 Å². The fraction of sp³-hybridized carbons (Fsp3) is 0.333. The van der Waals surface area contributed by atoms with Crippen LogP contribution in [0.5, 0.6) is 0 Å². The Labute approximate surface area is 235 Å². The number of aryl methyl sites for hydroxylation is 1. The average Bonchev–Trinajstić information content (AvgIpc) is 3.08. The fourth-order valence-corrected chi connectivity index (χ4v) is 5.75. The molecule has 1 heterocycles. The van der Waals surface area contributed by atoms with Gasteiger partial charge in [-0.05, 0) is 43.4 Å². The van der Waals surface area contributed by atoms with Crippen molar-refractivity contribution >= 4 is 29.2 Å². The number of nitrogens with one attached hydrogen (secondary N) is 1. The van der Waals surface area contributed by atoms with Gasteiger partial charge in [0.05, 0.1) is 17.9 Å². The third-order valence-corrected chi connectivity index (χ3v) is 7.74. The van der Waals surface area contributed by atoms with Gasteiger partial charge in [0, 0.05) is 17.0 Å². The van der Waals surface area contributed by atoms with Crippen molar-refractivity contribution in [1.29, 1.82) is 0 Å². The average molecular weight is 538 g/mol. The number of carbonyl (C=O) groups is 3. The maximum absolute atomic E-state index is 14.2. The number of para-hydroxylation sites is 1. The van der Waals surface area contributed by atoms with Gasteiger partial charge in [0.25, 0.3) is 5.91 Å². The second-order valence-electron chi connectivity index (χ2n) is 10.6. The summed E-state index contributed by atoms with van der Waals surface area (Å²) in [7, 11) is 0. The molecule has 1 fully saturated rings. The van der Waals surface area contributed by atoms with Crippen molar-refractivity contribution in [2.75, 3.05) is 4.90 Å². The van der Waals surface area contributed by atoms with E-state index in [4.69, 9.17) is 9.73 Å². The lowest BCUT2D eigenvalue weighted by Gasteiger charge is -2.28. The molecule has 1 aliphatic heterocycles. The van der Waals surface area contributed by atoms with E-state index in [9.17, 15) is 14.4 Å². The minimum absolute atomic E-state index is 0.0683. The van der Waals surface area contributed by atoms with Crippen molar-refractivity contribution in [2.45, 2.75) is 65.3 Å². The second kappa shape index (κ2) is 12.3.